The lowest BCUT2D eigenvalue weighted by molar-refractivity contribution is -0.114. The maximum atomic E-state index is 12.4. The van der Waals surface area contributed by atoms with E-state index >= 15 is 0 Å². The molecule has 2 rings (SSSR count). The first-order valence-corrected chi connectivity index (χ1v) is 10.1. The fourth-order valence-electron chi connectivity index (χ4n) is 2.23. The zero-order valence-corrected chi connectivity index (χ0v) is 16.7. The van der Waals surface area contributed by atoms with Crippen LogP contribution in [0.2, 0.25) is 10.0 Å². The van der Waals surface area contributed by atoms with Crippen molar-refractivity contribution in [1.29, 1.82) is 0 Å². The molecular formula is C17H18Cl2N2O4S. The van der Waals surface area contributed by atoms with Crippen LogP contribution in [0, 0.1) is 6.92 Å². The summed E-state index contributed by atoms with van der Waals surface area (Å²) in [5, 5.41) is 3.43. The summed E-state index contributed by atoms with van der Waals surface area (Å²) in [4.78, 5) is 12.4. The summed E-state index contributed by atoms with van der Waals surface area (Å²) in [6, 6.07) is 9.53. The minimum atomic E-state index is -3.70. The molecular weight excluding hydrogens is 399 g/mol. The molecule has 0 radical (unpaired) electrons. The van der Waals surface area contributed by atoms with Crippen molar-refractivity contribution in [2.75, 3.05) is 29.5 Å². The fourth-order valence-corrected chi connectivity index (χ4v) is 3.43. The van der Waals surface area contributed by atoms with Crippen LogP contribution in [-0.4, -0.2) is 34.2 Å². The molecule has 1 amide bonds. The molecule has 0 atom stereocenters. The van der Waals surface area contributed by atoms with Gasteiger partial charge in [-0.3, -0.25) is 9.10 Å². The number of anilines is 2. The molecule has 0 aromatic heterocycles. The number of amides is 1. The summed E-state index contributed by atoms with van der Waals surface area (Å²) < 4.78 is 30.4. The molecule has 9 heteroatoms. The van der Waals surface area contributed by atoms with Crippen LogP contribution in [0.4, 0.5) is 11.4 Å². The van der Waals surface area contributed by atoms with E-state index in [1.165, 1.54) is 19.2 Å². The predicted molar refractivity (Wildman–Crippen MR) is 105 cm³/mol. The third-order valence-corrected chi connectivity index (χ3v) is 5.35. The highest BCUT2D eigenvalue weighted by Crippen LogP contribution is 2.28. The van der Waals surface area contributed by atoms with Gasteiger partial charge in [-0.2, -0.15) is 0 Å². The molecule has 0 aliphatic carbocycles. The number of sulfonamides is 1. The Hall–Kier alpha value is -1.96. The number of hydrogen-bond acceptors (Lipinski definition) is 4. The highest BCUT2D eigenvalue weighted by molar-refractivity contribution is 7.92. The van der Waals surface area contributed by atoms with Crippen LogP contribution in [0.3, 0.4) is 0 Å². The number of carbonyl (C=O) groups is 1. The van der Waals surface area contributed by atoms with Gasteiger partial charge in [0.2, 0.25) is 15.9 Å². The Kier molecular flexibility index (Phi) is 6.39. The number of hydrogen-bond donors (Lipinski definition) is 1. The van der Waals surface area contributed by atoms with E-state index < -0.39 is 22.5 Å². The van der Waals surface area contributed by atoms with Gasteiger partial charge < -0.3 is 10.1 Å². The number of benzene rings is 2. The Morgan fingerprint density at radius 1 is 1.19 bits per heavy atom. The molecule has 2 aromatic carbocycles. The van der Waals surface area contributed by atoms with Gasteiger partial charge in [0.05, 0.1) is 24.7 Å². The van der Waals surface area contributed by atoms with Gasteiger partial charge in [-0.15, -0.1) is 0 Å². The number of nitrogens with one attached hydrogen (secondary N) is 1. The van der Waals surface area contributed by atoms with Crippen LogP contribution in [0.5, 0.6) is 5.75 Å². The van der Waals surface area contributed by atoms with Crippen molar-refractivity contribution in [3.63, 3.8) is 0 Å². The third-order valence-electron chi connectivity index (χ3n) is 3.57. The minimum absolute atomic E-state index is 0.302. The predicted octanol–water partition coefficient (Wildman–Crippen LogP) is 3.72. The lowest BCUT2D eigenvalue weighted by Gasteiger charge is -2.22. The second kappa shape index (κ2) is 8.16. The van der Waals surface area contributed by atoms with Gasteiger partial charge in [0.1, 0.15) is 12.3 Å². The summed E-state index contributed by atoms with van der Waals surface area (Å²) in [5.41, 5.74) is 1.45. The number of halogens is 2. The number of carbonyl (C=O) groups excluding carboxylic acids is 1. The second-order valence-corrected chi connectivity index (χ2v) is 8.35. The van der Waals surface area contributed by atoms with Crippen molar-refractivity contribution >= 4 is 50.5 Å². The van der Waals surface area contributed by atoms with Gasteiger partial charge in [-0.05, 0) is 42.8 Å². The summed E-state index contributed by atoms with van der Waals surface area (Å²) in [6.45, 7) is 1.38. The van der Waals surface area contributed by atoms with Crippen LogP contribution in [0.15, 0.2) is 36.4 Å². The van der Waals surface area contributed by atoms with Gasteiger partial charge in [0.25, 0.3) is 0 Å². The topological polar surface area (TPSA) is 75.7 Å². The second-order valence-electron chi connectivity index (χ2n) is 5.60. The van der Waals surface area contributed by atoms with E-state index in [9.17, 15) is 13.2 Å². The van der Waals surface area contributed by atoms with E-state index in [0.29, 0.717) is 27.2 Å². The maximum absolute atomic E-state index is 12.4. The van der Waals surface area contributed by atoms with Gasteiger partial charge >= 0.3 is 0 Å². The van der Waals surface area contributed by atoms with E-state index in [-0.39, 0.29) is 0 Å². The molecule has 0 unspecified atom stereocenters. The zero-order chi connectivity index (χ0) is 19.5. The van der Waals surface area contributed by atoms with Crippen molar-refractivity contribution in [3.8, 4) is 5.75 Å². The molecule has 0 spiro atoms. The number of rotatable bonds is 6. The Morgan fingerprint density at radius 2 is 1.88 bits per heavy atom. The van der Waals surface area contributed by atoms with Crippen LogP contribution in [0.1, 0.15) is 5.56 Å². The molecule has 0 fully saturated rings. The minimum Gasteiger partial charge on any atom is -0.495 e. The Morgan fingerprint density at radius 3 is 2.46 bits per heavy atom. The highest BCUT2D eigenvalue weighted by Gasteiger charge is 2.22. The Labute approximate surface area is 162 Å². The van der Waals surface area contributed by atoms with Gasteiger partial charge in [-0.1, -0.05) is 29.3 Å². The molecule has 26 heavy (non-hydrogen) atoms. The standard InChI is InChI=1S/C17H18Cl2N2O4S/c1-11-4-6-13(9-14(11)19)21(26(3,23)24)10-17(22)20-15-8-12(18)5-7-16(15)25-2/h4-9H,10H2,1-3H3,(H,20,22). The van der Waals surface area contributed by atoms with Crippen LogP contribution in [-0.2, 0) is 14.8 Å². The maximum Gasteiger partial charge on any atom is 0.245 e. The number of aryl methyl sites for hydroxylation is 1. The van der Waals surface area contributed by atoms with Crippen molar-refractivity contribution in [1.82, 2.24) is 0 Å². The molecule has 0 saturated heterocycles. The van der Waals surface area contributed by atoms with Crippen molar-refractivity contribution in [3.05, 3.63) is 52.0 Å². The number of ether oxygens (including phenoxy) is 1. The Balaban J connectivity index is 2.28. The molecule has 1 N–H and O–H groups in total. The Bertz CT molecular complexity index is 932. The zero-order valence-electron chi connectivity index (χ0n) is 14.4. The van der Waals surface area contributed by atoms with Crippen LogP contribution < -0.4 is 14.4 Å². The first-order valence-electron chi connectivity index (χ1n) is 7.49. The first kappa shape index (κ1) is 20.4. The van der Waals surface area contributed by atoms with Crippen molar-refractivity contribution in [2.45, 2.75) is 6.92 Å². The molecule has 6 nitrogen and oxygen atoms in total. The summed E-state index contributed by atoms with van der Waals surface area (Å²) in [6.07, 6.45) is 1.02. The summed E-state index contributed by atoms with van der Waals surface area (Å²) >= 11 is 12.0. The molecule has 0 saturated carbocycles. The normalized spacial score (nSPS) is 11.1. The van der Waals surface area contributed by atoms with Crippen molar-refractivity contribution in [2.24, 2.45) is 0 Å². The fraction of sp³-hybridized carbons (Fsp3) is 0.235. The van der Waals surface area contributed by atoms with E-state index in [2.05, 4.69) is 5.32 Å². The molecule has 0 heterocycles. The van der Waals surface area contributed by atoms with E-state index in [4.69, 9.17) is 27.9 Å². The van der Waals surface area contributed by atoms with E-state index in [1.807, 2.05) is 0 Å². The largest absolute Gasteiger partial charge is 0.495 e. The molecule has 140 valence electrons. The van der Waals surface area contributed by atoms with E-state index in [0.717, 1.165) is 16.1 Å². The SMILES string of the molecule is COc1ccc(Cl)cc1NC(=O)CN(c1ccc(C)c(Cl)c1)S(C)(=O)=O. The number of methoxy groups -OCH3 is 1. The molecule has 0 aliphatic rings. The average Bonchev–Trinajstić information content (AvgIpc) is 2.54. The van der Waals surface area contributed by atoms with Gasteiger partial charge in [0, 0.05) is 10.0 Å². The molecule has 2 aromatic rings. The molecule has 0 aliphatic heterocycles. The third kappa shape index (κ3) is 5.03. The summed E-state index contributed by atoms with van der Waals surface area (Å²) in [5.74, 6) is -0.139. The van der Waals surface area contributed by atoms with Crippen LogP contribution >= 0.6 is 23.2 Å². The molecule has 0 bridgehead atoms. The highest BCUT2D eigenvalue weighted by atomic mass is 35.5. The lowest BCUT2D eigenvalue weighted by atomic mass is 10.2. The first-order chi connectivity index (χ1) is 12.1. The lowest BCUT2D eigenvalue weighted by Crippen LogP contribution is -2.37. The average molecular weight is 417 g/mol. The van der Waals surface area contributed by atoms with Gasteiger partial charge in [-0.25, -0.2) is 8.42 Å². The number of nitrogens with zero attached hydrogens (tertiary/aromatic N) is 1. The van der Waals surface area contributed by atoms with Gasteiger partial charge in [0.15, 0.2) is 0 Å². The summed E-state index contributed by atoms with van der Waals surface area (Å²) in [7, 11) is -2.25. The monoisotopic (exact) mass is 416 g/mol. The van der Waals surface area contributed by atoms with E-state index in [1.54, 1.807) is 31.2 Å². The quantitative estimate of drug-likeness (QED) is 0.778. The van der Waals surface area contributed by atoms with Crippen LogP contribution in [0.25, 0.3) is 0 Å². The smallest absolute Gasteiger partial charge is 0.245 e. The van der Waals surface area contributed by atoms with Crippen molar-refractivity contribution < 1.29 is 17.9 Å².